The highest BCUT2D eigenvalue weighted by Gasteiger charge is 2.20. The van der Waals surface area contributed by atoms with Gasteiger partial charge < -0.3 is 10.2 Å². The minimum atomic E-state index is -1.34. The number of carboxylic acids is 2. The summed E-state index contributed by atoms with van der Waals surface area (Å²) >= 11 is 11.6. The Hall–Kier alpha value is -2.56. The van der Waals surface area contributed by atoms with Crippen LogP contribution in [-0.2, 0) is 9.59 Å². The van der Waals surface area contributed by atoms with Gasteiger partial charge in [0.1, 0.15) is 0 Å². The Morgan fingerprint density at radius 2 is 0.958 bits per heavy atom. The second-order valence-corrected chi connectivity index (χ2v) is 5.70. The molecule has 0 aliphatic carbocycles. The molecule has 2 rings (SSSR count). The van der Waals surface area contributed by atoms with Crippen LogP contribution in [0.1, 0.15) is 11.1 Å². The van der Waals surface area contributed by atoms with Gasteiger partial charge >= 0.3 is 11.9 Å². The van der Waals surface area contributed by atoms with Crippen molar-refractivity contribution < 1.29 is 19.8 Å². The van der Waals surface area contributed by atoms with Crippen molar-refractivity contribution in [1.82, 2.24) is 0 Å². The number of benzene rings is 2. The molecule has 0 spiro atoms. The van der Waals surface area contributed by atoms with Crippen LogP contribution in [0.25, 0.3) is 12.2 Å². The normalized spacial score (nSPS) is 12.1. The molecule has 0 fully saturated rings. The van der Waals surface area contributed by atoms with Crippen molar-refractivity contribution in [3.63, 3.8) is 0 Å². The summed E-state index contributed by atoms with van der Waals surface area (Å²) in [6.45, 7) is 0. The Balaban J connectivity index is 2.52. The van der Waals surface area contributed by atoms with Crippen molar-refractivity contribution in [1.29, 1.82) is 0 Å². The third-order valence-corrected chi connectivity index (χ3v) is 3.62. The van der Waals surface area contributed by atoms with E-state index in [-0.39, 0.29) is 11.1 Å². The number of aliphatic carboxylic acids is 2. The Morgan fingerprint density at radius 1 is 0.667 bits per heavy atom. The quantitative estimate of drug-likeness (QED) is 0.600. The second-order valence-electron chi connectivity index (χ2n) is 4.83. The van der Waals surface area contributed by atoms with Gasteiger partial charge in [-0.1, -0.05) is 47.5 Å². The standard InChI is InChI=1S/C18H12Cl2O4/c19-13-5-1-11(2-6-13)9-15(17(21)22)16(18(23)24)10-12-3-7-14(20)8-4-12/h1-10H,(H,21,22)(H,23,24)/b15-9-,16-10-. The van der Waals surface area contributed by atoms with E-state index in [2.05, 4.69) is 0 Å². The fourth-order valence-electron chi connectivity index (χ4n) is 1.96. The van der Waals surface area contributed by atoms with Crippen molar-refractivity contribution >= 4 is 47.3 Å². The van der Waals surface area contributed by atoms with E-state index >= 15 is 0 Å². The first kappa shape index (κ1) is 17.8. The fraction of sp³-hybridized carbons (Fsp3) is 0. The summed E-state index contributed by atoms with van der Waals surface area (Å²) in [6, 6.07) is 12.8. The molecule has 0 saturated heterocycles. The van der Waals surface area contributed by atoms with Crippen LogP contribution in [-0.4, -0.2) is 22.2 Å². The van der Waals surface area contributed by atoms with Crippen molar-refractivity contribution in [2.45, 2.75) is 0 Å². The van der Waals surface area contributed by atoms with Crippen molar-refractivity contribution in [3.8, 4) is 0 Å². The van der Waals surface area contributed by atoms with Crippen molar-refractivity contribution in [3.05, 3.63) is 80.8 Å². The molecule has 2 aromatic carbocycles. The number of halogens is 2. The maximum Gasteiger partial charge on any atom is 0.336 e. The number of hydrogen-bond donors (Lipinski definition) is 2. The van der Waals surface area contributed by atoms with Gasteiger partial charge in [-0.3, -0.25) is 0 Å². The summed E-state index contributed by atoms with van der Waals surface area (Å²) in [4.78, 5) is 23.1. The maximum atomic E-state index is 11.5. The average molecular weight is 363 g/mol. The summed E-state index contributed by atoms with van der Waals surface area (Å²) in [6.07, 6.45) is 2.57. The first-order chi connectivity index (χ1) is 11.4. The first-order valence-electron chi connectivity index (χ1n) is 6.78. The maximum absolute atomic E-state index is 11.5. The van der Waals surface area contributed by atoms with Gasteiger partial charge in [0.15, 0.2) is 0 Å². The van der Waals surface area contributed by atoms with Crippen LogP contribution >= 0.6 is 23.2 Å². The largest absolute Gasteiger partial charge is 0.478 e. The van der Waals surface area contributed by atoms with E-state index in [4.69, 9.17) is 23.2 Å². The molecule has 0 aliphatic heterocycles. The molecule has 0 aromatic heterocycles. The molecule has 2 aromatic rings. The van der Waals surface area contributed by atoms with E-state index < -0.39 is 11.9 Å². The van der Waals surface area contributed by atoms with Gasteiger partial charge in [0, 0.05) is 10.0 Å². The monoisotopic (exact) mass is 362 g/mol. The van der Waals surface area contributed by atoms with Crippen LogP contribution in [0, 0.1) is 0 Å². The van der Waals surface area contributed by atoms with Gasteiger partial charge in [0.2, 0.25) is 0 Å². The lowest BCUT2D eigenvalue weighted by Gasteiger charge is -2.05. The van der Waals surface area contributed by atoms with Crippen LogP contribution < -0.4 is 0 Å². The Kier molecular flexibility index (Phi) is 5.79. The number of rotatable bonds is 5. The molecular weight excluding hydrogens is 351 g/mol. The Bertz CT molecular complexity index is 748. The molecule has 24 heavy (non-hydrogen) atoms. The van der Waals surface area contributed by atoms with Crippen LogP contribution in [0.15, 0.2) is 59.7 Å². The molecule has 0 heterocycles. The molecule has 0 radical (unpaired) electrons. The van der Waals surface area contributed by atoms with Gasteiger partial charge in [0.25, 0.3) is 0 Å². The zero-order valence-electron chi connectivity index (χ0n) is 12.2. The lowest BCUT2D eigenvalue weighted by atomic mass is 10.0. The molecular formula is C18H12Cl2O4. The van der Waals surface area contributed by atoms with Gasteiger partial charge in [0.05, 0.1) is 11.1 Å². The van der Waals surface area contributed by atoms with Crippen LogP contribution in [0.4, 0.5) is 0 Å². The summed E-state index contributed by atoms with van der Waals surface area (Å²) in [5.74, 6) is -2.68. The first-order valence-corrected chi connectivity index (χ1v) is 7.54. The lowest BCUT2D eigenvalue weighted by molar-refractivity contribution is -0.136. The Morgan fingerprint density at radius 3 is 1.21 bits per heavy atom. The zero-order valence-corrected chi connectivity index (χ0v) is 13.8. The third kappa shape index (κ3) is 4.72. The SMILES string of the molecule is O=C(O)C(=C\c1ccc(Cl)cc1)/C(=C/c1ccc(Cl)cc1)C(=O)O. The number of hydrogen-bond acceptors (Lipinski definition) is 2. The Labute approximate surface area is 148 Å². The molecule has 6 heteroatoms. The van der Waals surface area contributed by atoms with Crippen LogP contribution in [0.5, 0.6) is 0 Å². The van der Waals surface area contributed by atoms with Gasteiger partial charge in [-0.2, -0.15) is 0 Å². The van der Waals surface area contributed by atoms with E-state index in [1.165, 1.54) is 12.2 Å². The molecule has 2 N–H and O–H groups in total. The highest BCUT2D eigenvalue weighted by molar-refractivity contribution is 6.30. The number of carboxylic acid groups (broad SMARTS) is 2. The van der Waals surface area contributed by atoms with Gasteiger partial charge in [-0.05, 0) is 47.5 Å². The highest BCUT2D eigenvalue weighted by atomic mass is 35.5. The predicted octanol–water partition coefficient (Wildman–Crippen LogP) is 4.63. The highest BCUT2D eigenvalue weighted by Crippen LogP contribution is 2.21. The predicted molar refractivity (Wildman–Crippen MR) is 94.1 cm³/mol. The molecule has 0 unspecified atom stereocenters. The zero-order chi connectivity index (χ0) is 17.7. The van der Waals surface area contributed by atoms with Gasteiger partial charge in [-0.25, -0.2) is 9.59 Å². The van der Waals surface area contributed by atoms with Crippen molar-refractivity contribution in [2.75, 3.05) is 0 Å². The number of carbonyl (C=O) groups is 2. The average Bonchev–Trinajstić information content (AvgIpc) is 2.54. The molecule has 0 atom stereocenters. The molecule has 4 nitrogen and oxygen atoms in total. The van der Waals surface area contributed by atoms with E-state index in [1.807, 2.05) is 0 Å². The van der Waals surface area contributed by atoms with E-state index in [0.29, 0.717) is 21.2 Å². The molecule has 0 saturated carbocycles. The molecule has 0 aliphatic rings. The van der Waals surface area contributed by atoms with Crippen LogP contribution in [0.3, 0.4) is 0 Å². The minimum absolute atomic E-state index is 0.334. The van der Waals surface area contributed by atoms with E-state index in [1.54, 1.807) is 48.5 Å². The van der Waals surface area contributed by atoms with E-state index in [9.17, 15) is 19.8 Å². The summed E-state index contributed by atoms with van der Waals surface area (Å²) < 4.78 is 0. The van der Waals surface area contributed by atoms with Crippen LogP contribution in [0.2, 0.25) is 10.0 Å². The molecule has 0 bridgehead atoms. The van der Waals surface area contributed by atoms with Gasteiger partial charge in [-0.15, -0.1) is 0 Å². The summed E-state index contributed by atoms with van der Waals surface area (Å²) in [5.41, 5.74) is 0.389. The smallest absolute Gasteiger partial charge is 0.336 e. The molecule has 122 valence electrons. The van der Waals surface area contributed by atoms with E-state index in [0.717, 1.165) is 0 Å². The lowest BCUT2D eigenvalue weighted by Crippen LogP contribution is -2.11. The second kappa shape index (κ2) is 7.81. The summed E-state index contributed by atoms with van der Waals surface area (Å²) in [7, 11) is 0. The molecule has 0 amide bonds. The minimum Gasteiger partial charge on any atom is -0.478 e. The summed E-state index contributed by atoms with van der Waals surface area (Å²) in [5, 5.41) is 19.8. The topological polar surface area (TPSA) is 74.6 Å². The fourth-order valence-corrected chi connectivity index (χ4v) is 2.21. The van der Waals surface area contributed by atoms with Crippen molar-refractivity contribution in [2.24, 2.45) is 0 Å². The third-order valence-electron chi connectivity index (χ3n) is 3.11.